The molecule has 0 bridgehead atoms. The maximum absolute atomic E-state index is 13.9. The van der Waals surface area contributed by atoms with Crippen molar-refractivity contribution in [2.45, 2.75) is 30.8 Å². The van der Waals surface area contributed by atoms with E-state index in [2.05, 4.69) is 4.98 Å². The summed E-state index contributed by atoms with van der Waals surface area (Å²) in [5.74, 6) is -0.490. The Morgan fingerprint density at radius 3 is 2.52 bits per heavy atom. The number of nitrogens with zero attached hydrogens (tertiary/aromatic N) is 1. The molecule has 1 heterocycles. The van der Waals surface area contributed by atoms with Crippen molar-refractivity contribution in [2.75, 3.05) is 0 Å². The summed E-state index contributed by atoms with van der Waals surface area (Å²) in [6.45, 7) is 0. The molecule has 0 aliphatic heterocycles. The van der Waals surface area contributed by atoms with Crippen molar-refractivity contribution in [3.8, 4) is 0 Å². The highest BCUT2D eigenvalue weighted by molar-refractivity contribution is 6.42. The van der Waals surface area contributed by atoms with Gasteiger partial charge in [0.2, 0.25) is 0 Å². The molecule has 1 fully saturated rings. The molecule has 1 aliphatic carbocycles. The third-order valence-corrected chi connectivity index (χ3v) is 5.05. The van der Waals surface area contributed by atoms with Crippen LogP contribution < -0.4 is 0 Å². The summed E-state index contributed by atoms with van der Waals surface area (Å²) in [7, 11) is 0. The molecule has 1 saturated carbocycles. The molecule has 0 radical (unpaired) electrons. The lowest BCUT2D eigenvalue weighted by Gasteiger charge is -2.46. The first kappa shape index (κ1) is 14.8. The first-order valence-electron chi connectivity index (χ1n) is 6.78. The van der Waals surface area contributed by atoms with E-state index in [-0.39, 0.29) is 5.69 Å². The summed E-state index contributed by atoms with van der Waals surface area (Å²) in [4.78, 5) is 4.01. The van der Waals surface area contributed by atoms with Crippen molar-refractivity contribution < 1.29 is 9.50 Å². The molecule has 2 aromatic rings. The summed E-state index contributed by atoms with van der Waals surface area (Å²) in [6.07, 6.45) is 3.00. The summed E-state index contributed by atoms with van der Waals surface area (Å²) < 4.78 is 13.9. The van der Waals surface area contributed by atoms with Gasteiger partial charge in [-0.15, -0.1) is 0 Å². The Bertz CT molecular complexity index is 673. The topological polar surface area (TPSA) is 33.1 Å². The van der Waals surface area contributed by atoms with Crippen LogP contribution in [-0.2, 0) is 5.41 Å². The van der Waals surface area contributed by atoms with Crippen molar-refractivity contribution >= 4 is 23.2 Å². The second-order valence-corrected chi connectivity index (χ2v) is 6.23. The second-order valence-electron chi connectivity index (χ2n) is 5.41. The van der Waals surface area contributed by atoms with E-state index in [1.165, 1.54) is 18.3 Å². The number of benzene rings is 1. The fourth-order valence-corrected chi connectivity index (χ4v) is 3.24. The zero-order valence-corrected chi connectivity index (χ0v) is 12.7. The lowest BCUT2D eigenvalue weighted by molar-refractivity contribution is 0.0211. The Labute approximate surface area is 132 Å². The van der Waals surface area contributed by atoms with E-state index < -0.39 is 17.3 Å². The van der Waals surface area contributed by atoms with Gasteiger partial charge in [-0.05, 0) is 42.7 Å². The zero-order chi connectivity index (χ0) is 15.0. The molecule has 1 aromatic carbocycles. The molecule has 1 unspecified atom stereocenters. The van der Waals surface area contributed by atoms with Crippen LogP contribution in [0, 0.1) is 5.82 Å². The van der Waals surface area contributed by atoms with Gasteiger partial charge >= 0.3 is 0 Å². The van der Waals surface area contributed by atoms with E-state index in [4.69, 9.17) is 23.2 Å². The maximum atomic E-state index is 13.9. The van der Waals surface area contributed by atoms with Gasteiger partial charge in [0.15, 0.2) is 0 Å². The van der Waals surface area contributed by atoms with Gasteiger partial charge < -0.3 is 5.11 Å². The number of aromatic nitrogens is 1. The van der Waals surface area contributed by atoms with Crippen molar-refractivity contribution in [2.24, 2.45) is 0 Å². The number of halogens is 3. The minimum atomic E-state index is -0.996. The molecule has 1 N–H and O–H groups in total. The quantitative estimate of drug-likeness (QED) is 0.888. The van der Waals surface area contributed by atoms with Gasteiger partial charge in [0, 0.05) is 11.6 Å². The van der Waals surface area contributed by atoms with Gasteiger partial charge in [-0.3, -0.25) is 4.98 Å². The number of rotatable bonds is 3. The Hall–Kier alpha value is -1.16. The van der Waals surface area contributed by atoms with Crippen LogP contribution >= 0.6 is 23.2 Å². The number of aliphatic hydroxyl groups is 1. The van der Waals surface area contributed by atoms with E-state index in [0.717, 1.165) is 24.8 Å². The molecular weight excluding hydrogens is 312 g/mol. The Kier molecular flexibility index (Phi) is 3.91. The van der Waals surface area contributed by atoms with Crippen LogP contribution in [0.4, 0.5) is 4.39 Å². The van der Waals surface area contributed by atoms with Gasteiger partial charge in [-0.1, -0.05) is 35.7 Å². The predicted octanol–water partition coefficient (Wildman–Crippen LogP) is 4.68. The maximum Gasteiger partial charge on any atom is 0.147 e. The van der Waals surface area contributed by atoms with Gasteiger partial charge in [0.1, 0.15) is 17.6 Å². The summed E-state index contributed by atoms with van der Waals surface area (Å²) >= 11 is 12.0. The molecule has 0 amide bonds. The SMILES string of the molecule is OC(c1ncccc1F)C1(c2ccc(Cl)c(Cl)c2)CCC1. The van der Waals surface area contributed by atoms with Gasteiger partial charge in [-0.25, -0.2) is 4.39 Å². The average Bonchev–Trinajstić information content (AvgIpc) is 2.42. The van der Waals surface area contributed by atoms with Crippen molar-refractivity contribution in [1.82, 2.24) is 4.98 Å². The monoisotopic (exact) mass is 325 g/mol. The van der Waals surface area contributed by atoms with Crippen LogP contribution in [0.3, 0.4) is 0 Å². The molecule has 0 saturated heterocycles. The smallest absolute Gasteiger partial charge is 0.147 e. The minimum Gasteiger partial charge on any atom is -0.386 e. The van der Waals surface area contributed by atoms with E-state index in [1.807, 2.05) is 6.07 Å². The van der Waals surface area contributed by atoms with E-state index in [9.17, 15) is 9.50 Å². The highest BCUT2D eigenvalue weighted by Gasteiger charge is 2.47. The van der Waals surface area contributed by atoms with Crippen molar-refractivity contribution in [3.63, 3.8) is 0 Å². The minimum absolute atomic E-state index is 0.0864. The molecule has 3 rings (SSSR count). The number of aliphatic hydroxyl groups excluding tert-OH is 1. The first-order chi connectivity index (χ1) is 10.0. The Balaban J connectivity index is 2.04. The fraction of sp³-hybridized carbons (Fsp3) is 0.312. The van der Waals surface area contributed by atoms with Gasteiger partial charge in [0.05, 0.1) is 10.0 Å². The van der Waals surface area contributed by atoms with Crippen molar-refractivity contribution in [1.29, 1.82) is 0 Å². The van der Waals surface area contributed by atoms with Gasteiger partial charge in [0.25, 0.3) is 0 Å². The highest BCUT2D eigenvalue weighted by Crippen LogP contribution is 2.52. The van der Waals surface area contributed by atoms with Crippen LogP contribution in [0.25, 0.3) is 0 Å². The molecule has 2 nitrogen and oxygen atoms in total. The largest absolute Gasteiger partial charge is 0.386 e. The molecule has 1 atom stereocenters. The van der Waals surface area contributed by atoms with E-state index in [1.54, 1.807) is 12.1 Å². The number of hydrogen-bond donors (Lipinski definition) is 1. The summed E-state index contributed by atoms with van der Waals surface area (Å²) in [6, 6.07) is 8.14. The van der Waals surface area contributed by atoms with Crippen LogP contribution in [0.1, 0.15) is 36.6 Å². The molecule has 0 spiro atoms. The summed E-state index contributed by atoms with van der Waals surface area (Å²) in [5, 5.41) is 11.6. The molecule has 5 heteroatoms. The van der Waals surface area contributed by atoms with Crippen LogP contribution in [0.5, 0.6) is 0 Å². The summed E-state index contributed by atoms with van der Waals surface area (Å²) in [5.41, 5.74) is 0.424. The Morgan fingerprint density at radius 1 is 1.19 bits per heavy atom. The predicted molar refractivity (Wildman–Crippen MR) is 81.1 cm³/mol. The molecule has 110 valence electrons. The van der Waals surface area contributed by atoms with Crippen LogP contribution in [0.2, 0.25) is 10.0 Å². The molecule has 1 aliphatic rings. The van der Waals surface area contributed by atoms with Crippen LogP contribution in [0.15, 0.2) is 36.5 Å². The third-order valence-electron chi connectivity index (χ3n) is 4.31. The standard InChI is InChI=1S/C16H14Cl2FNO/c17-11-5-4-10(9-12(11)18)16(6-2-7-16)15(21)14-13(19)3-1-8-20-14/h1,3-5,8-9,15,21H,2,6-7H2. The second kappa shape index (κ2) is 5.56. The van der Waals surface area contributed by atoms with E-state index >= 15 is 0 Å². The Morgan fingerprint density at radius 2 is 1.95 bits per heavy atom. The normalized spacial score (nSPS) is 18.1. The van der Waals surface area contributed by atoms with E-state index in [0.29, 0.717) is 10.0 Å². The lowest BCUT2D eigenvalue weighted by atomic mass is 9.60. The third kappa shape index (κ3) is 2.44. The number of pyridine rings is 1. The zero-order valence-electron chi connectivity index (χ0n) is 11.2. The van der Waals surface area contributed by atoms with Crippen molar-refractivity contribution in [3.05, 3.63) is 63.6 Å². The highest BCUT2D eigenvalue weighted by atomic mass is 35.5. The lowest BCUT2D eigenvalue weighted by Crippen LogP contribution is -2.41. The average molecular weight is 326 g/mol. The molecule has 1 aromatic heterocycles. The first-order valence-corrected chi connectivity index (χ1v) is 7.54. The van der Waals surface area contributed by atoms with Crippen LogP contribution in [-0.4, -0.2) is 10.1 Å². The number of hydrogen-bond acceptors (Lipinski definition) is 2. The molecular formula is C16H14Cl2FNO. The molecule has 21 heavy (non-hydrogen) atoms. The van der Waals surface area contributed by atoms with Gasteiger partial charge in [-0.2, -0.15) is 0 Å². The fourth-order valence-electron chi connectivity index (χ4n) is 2.94.